The van der Waals surface area contributed by atoms with E-state index >= 15 is 0 Å². The molecule has 0 radical (unpaired) electrons. The number of carbonyl (C=O) groups is 1. The summed E-state index contributed by atoms with van der Waals surface area (Å²) >= 11 is 10.7. The first-order chi connectivity index (χ1) is 11.0. The Morgan fingerprint density at radius 3 is 2.87 bits per heavy atom. The summed E-state index contributed by atoms with van der Waals surface area (Å²) in [5, 5.41) is 12.2. The van der Waals surface area contributed by atoms with Crippen LogP contribution in [0.2, 0.25) is 5.02 Å². The van der Waals surface area contributed by atoms with Crippen LogP contribution in [0.25, 0.3) is 0 Å². The molecule has 0 unspecified atom stereocenters. The van der Waals surface area contributed by atoms with Crippen molar-refractivity contribution in [1.29, 1.82) is 0 Å². The average molecular weight is 388 g/mol. The molecule has 0 aliphatic carbocycles. The Labute approximate surface area is 153 Å². The van der Waals surface area contributed by atoms with E-state index in [9.17, 15) is 4.79 Å². The Bertz CT molecular complexity index is 648. The number of benzene rings is 1. The summed E-state index contributed by atoms with van der Waals surface area (Å²) in [5.74, 6) is 2.59. The number of hydrogen-bond donors (Lipinski definition) is 1. The molecule has 124 valence electrons. The van der Waals surface area contributed by atoms with E-state index in [-0.39, 0.29) is 5.91 Å². The number of carbonyl (C=O) groups excluding carboxylic acids is 1. The first-order valence-corrected chi connectivity index (χ1v) is 10.5. The van der Waals surface area contributed by atoms with Crippen molar-refractivity contribution in [2.45, 2.75) is 23.9 Å². The fourth-order valence-corrected chi connectivity index (χ4v) is 4.44. The van der Waals surface area contributed by atoms with Crippen molar-refractivity contribution in [2.24, 2.45) is 5.92 Å². The summed E-state index contributed by atoms with van der Waals surface area (Å²) in [6.45, 7) is 4.32. The molecule has 0 saturated carbocycles. The fourth-order valence-electron chi connectivity index (χ4n) is 1.58. The van der Waals surface area contributed by atoms with Crippen molar-refractivity contribution < 1.29 is 4.79 Å². The largest absolute Gasteiger partial charge is 0.300 e. The van der Waals surface area contributed by atoms with Crippen LogP contribution in [0.3, 0.4) is 0 Å². The second-order valence-electron chi connectivity index (χ2n) is 5.21. The number of thioether (sulfide) groups is 2. The molecule has 2 aromatic rings. The van der Waals surface area contributed by atoms with Gasteiger partial charge >= 0.3 is 0 Å². The van der Waals surface area contributed by atoms with Crippen molar-refractivity contribution in [3.63, 3.8) is 0 Å². The van der Waals surface area contributed by atoms with E-state index in [1.54, 1.807) is 11.8 Å². The summed E-state index contributed by atoms with van der Waals surface area (Å²) in [4.78, 5) is 11.9. The highest BCUT2D eigenvalue weighted by atomic mass is 35.5. The lowest BCUT2D eigenvalue weighted by molar-refractivity contribution is -0.113. The predicted molar refractivity (Wildman–Crippen MR) is 102 cm³/mol. The van der Waals surface area contributed by atoms with Crippen LogP contribution in [-0.4, -0.2) is 27.6 Å². The fraction of sp³-hybridized carbons (Fsp3) is 0.400. The minimum absolute atomic E-state index is 0.0707. The Hall–Kier alpha value is -0.760. The molecule has 23 heavy (non-hydrogen) atoms. The van der Waals surface area contributed by atoms with Crippen LogP contribution in [0.4, 0.5) is 5.13 Å². The summed E-state index contributed by atoms with van der Waals surface area (Å²) in [7, 11) is 0. The third kappa shape index (κ3) is 6.71. The highest BCUT2D eigenvalue weighted by molar-refractivity contribution is 8.01. The number of halogens is 1. The Morgan fingerprint density at radius 2 is 2.13 bits per heavy atom. The van der Waals surface area contributed by atoms with Crippen molar-refractivity contribution in [2.75, 3.05) is 16.8 Å². The van der Waals surface area contributed by atoms with Crippen molar-refractivity contribution >= 4 is 57.5 Å². The zero-order valence-electron chi connectivity index (χ0n) is 12.9. The molecule has 8 heteroatoms. The smallest absolute Gasteiger partial charge is 0.236 e. The van der Waals surface area contributed by atoms with Gasteiger partial charge < -0.3 is 0 Å². The molecule has 1 aromatic heterocycles. The Morgan fingerprint density at radius 1 is 1.35 bits per heavy atom. The van der Waals surface area contributed by atoms with Crippen LogP contribution in [0.5, 0.6) is 0 Å². The normalized spacial score (nSPS) is 11.0. The molecule has 0 aliphatic heterocycles. The molecular formula is C15H18ClN3OS3. The number of amides is 1. The van der Waals surface area contributed by atoms with Gasteiger partial charge in [-0.15, -0.1) is 22.0 Å². The molecule has 0 atom stereocenters. The van der Waals surface area contributed by atoms with E-state index in [0.717, 1.165) is 20.7 Å². The predicted octanol–water partition coefficient (Wildman–Crippen LogP) is 4.81. The molecule has 0 saturated heterocycles. The molecule has 0 spiro atoms. The molecular weight excluding hydrogens is 370 g/mol. The van der Waals surface area contributed by atoms with Crippen molar-refractivity contribution in [3.8, 4) is 0 Å². The van der Waals surface area contributed by atoms with E-state index in [4.69, 9.17) is 11.6 Å². The second kappa shape index (κ2) is 9.52. The summed E-state index contributed by atoms with van der Waals surface area (Å²) in [6.07, 6.45) is 0. The van der Waals surface area contributed by atoms with Crippen LogP contribution in [-0.2, 0) is 10.5 Å². The maximum Gasteiger partial charge on any atom is 0.236 e. The molecule has 0 fully saturated rings. The Kier molecular flexibility index (Phi) is 7.69. The molecule has 4 nitrogen and oxygen atoms in total. The van der Waals surface area contributed by atoms with Gasteiger partial charge in [0.05, 0.1) is 5.75 Å². The maximum absolute atomic E-state index is 11.9. The van der Waals surface area contributed by atoms with Gasteiger partial charge in [0.1, 0.15) is 0 Å². The topological polar surface area (TPSA) is 54.9 Å². The number of aromatic nitrogens is 2. The lowest BCUT2D eigenvalue weighted by atomic mass is 10.2. The number of rotatable bonds is 8. The zero-order valence-corrected chi connectivity index (χ0v) is 16.1. The maximum atomic E-state index is 11.9. The van der Waals surface area contributed by atoms with Gasteiger partial charge in [-0.25, -0.2) is 0 Å². The van der Waals surface area contributed by atoms with Crippen LogP contribution >= 0.6 is 46.5 Å². The van der Waals surface area contributed by atoms with Crippen LogP contribution in [0, 0.1) is 5.92 Å². The molecule has 1 heterocycles. The number of anilines is 1. The minimum Gasteiger partial charge on any atom is -0.300 e. The third-order valence-electron chi connectivity index (χ3n) is 2.64. The Balaban J connectivity index is 1.73. The van der Waals surface area contributed by atoms with Gasteiger partial charge in [0.25, 0.3) is 0 Å². The highest BCUT2D eigenvalue weighted by Gasteiger charge is 2.10. The monoisotopic (exact) mass is 387 g/mol. The zero-order chi connectivity index (χ0) is 16.7. The highest BCUT2D eigenvalue weighted by Crippen LogP contribution is 2.27. The summed E-state index contributed by atoms with van der Waals surface area (Å²) < 4.78 is 0.887. The molecule has 0 bridgehead atoms. The van der Waals surface area contributed by atoms with E-state index in [1.807, 2.05) is 24.3 Å². The van der Waals surface area contributed by atoms with Gasteiger partial charge in [-0.3, -0.25) is 10.1 Å². The van der Waals surface area contributed by atoms with E-state index in [0.29, 0.717) is 22.6 Å². The van der Waals surface area contributed by atoms with Crippen LogP contribution in [0.1, 0.15) is 19.4 Å². The average Bonchev–Trinajstić information content (AvgIpc) is 2.94. The second-order valence-corrected chi connectivity index (χ2v) is 8.85. The van der Waals surface area contributed by atoms with Crippen LogP contribution in [0.15, 0.2) is 28.6 Å². The lowest BCUT2D eigenvalue weighted by Crippen LogP contribution is -2.14. The number of nitrogens with zero attached hydrogens (tertiary/aromatic N) is 2. The molecule has 1 aromatic carbocycles. The van der Waals surface area contributed by atoms with E-state index < -0.39 is 0 Å². The first-order valence-electron chi connectivity index (χ1n) is 7.12. The van der Waals surface area contributed by atoms with Gasteiger partial charge in [-0.1, -0.05) is 66.7 Å². The molecule has 0 aliphatic rings. The van der Waals surface area contributed by atoms with Crippen molar-refractivity contribution in [1.82, 2.24) is 10.2 Å². The standard InChI is InChI=1S/C15H18ClN3OS3/c1-10(2)7-22-15-19-18-14(23-15)17-13(20)9-21-8-11-5-3-4-6-12(11)16/h3-6,10H,7-9H2,1-2H3,(H,17,18,20). The van der Waals surface area contributed by atoms with Gasteiger partial charge in [-0.2, -0.15) is 0 Å². The third-order valence-corrected chi connectivity index (χ3v) is 6.39. The molecule has 1 N–H and O–H groups in total. The molecule has 1 amide bonds. The van der Waals surface area contributed by atoms with E-state index in [2.05, 4.69) is 29.4 Å². The first kappa shape index (κ1) is 18.6. The van der Waals surface area contributed by atoms with Gasteiger partial charge in [0.15, 0.2) is 4.34 Å². The molecule has 2 rings (SSSR count). The van der Waals surface area contributed by atoms with Crippen molar-refractivity contribution in [3.05, 3.63) is 34.9 Å². The van der Waals surface area contributed by atoms with E-state index in [1.165, 1.54) is 23.1 Å². The summed E-state index contributed by atoms with van der Waals surface area (Å²) in [6, 6.07) is 7.66. The van der Waals surface area contributed by atoms with Crippen LogP contribution < -0.4 is 5.32 Å². The minimum atomic E-state index is -0.0707. The van der Waals surface area contributed by atoms with Gasteiger partial charge in [0, 0.05) is 16.5 Å². The number of hydrogen-bond acceptors (Lipinski definition) is 6. The quantitative estimate of drug-likeness (QED) is 0.520. The SMILES string of the molecule is CC(C)CSc1nnc(NC(=O)CSCc2ccccc2Cl)s1. The lowest BCUT2D eigenvalue weighted by Gasteiger charge is -2.04. The number of nitrogens with one attached hydrogen (secondary N) is 1. The summed E-state index contributed by atoms with van der Waals surface area (Å²) in [5.41, 5.74) is 1.04. The van der Waals surface area contributed by atoms with Gasteiger partial charge in [-0.05, 0) is 17.5 Å². The van der Waals surface area contributed by atoms with Gasteiger partial charge in [0.2, 0.25) is 11.0 Å².